The van der Waals surface area contributed by atoms with Gasteiger partial charge in [0.2, 0.25) is 0 Å². The van der Waals surface area contributed by atoms with Crippen molar-refractivity contribution in [2.24, 2.45) is 0 Å². The van der Waals surface area contributed by atoms with Gasteiger partial charge in [-0.1, -0.05) is 19.2 Å². The Labute approximate surface area is 65.3 Å². The lowest BCUT2D eigenvalue weighted by molar-refractivity contribution is -0.504. The lowest BCUT2D eigenvalue weighted by atomic mass is 10.6. The van der Waals surface area contributed by atoms with Crippen LogP contribution in [0.15, 0.2) is 12.7 Å². The molecule has 0 saturated heterocycles. The molecule has 1 nitrogen and oxygen atoms in total. The van der Waals surface area contributed by atoms with Gasteiger partial charge in [-0.05, 0) is 17.8 Å². The van der Waals surface area contributed by atoms with Gasteiger partial charge in [-0.2, -0.15) is 0 Å². The van der Waals surface area contributed by atoms with E-state index in [1.807, 2.05) is 6.08 Å². The largest absolute Gasteiger partial charge is 0.267 e. The van der Waals surface area contributed by atoms with Crippen LogP contribution in [-0.4, -0.2) is 27.8 Å². The Morgan fingerprint density at radius 1 is 1.89 bits per heavy atom. The molecule has 50 valence electrons. The molecule has 0 aromatic rings. The zero-order valence-electron chi connectivity index (χ0n) is 5.21. The molecule has 0 N–H and O–H groups in total. The Morgan fingerprint density at radius 3 is 3.11 bits per heavy atom. The summed E-state index contributed by atoms with van der Waals surface area (Å²) in [6.07, 6.45) is 1.90. The maximum atomic E-state index is 4.28. The SMILES string of the molecule is C=CC[N+]1=C(S)SCC1. The first-order valence-electron chi connectivity index (χ1n) is 2.89. The molecule has 1 aliphatic heterocycles. The van der Waals surface area contributed by atoms with Crippen molar-refractivity contribution in [1.82, 2.24) is 0 Å². The molecule has 0 aromatic heterocycles. The fourth-order valence-electron chi connectivity index (χ4n) is 0.759. The third-order valence-corrected chi connectivity index (χ3v) is 2.79. The summed E-state index contributed by atoms with van der Waals surface area (Å²) in [7, 11) is 0. The first-order valence-corrected chi connectivity index (χ1v) is 4.32. The monoisotopic (exact) mass is 160 g/mol. The molecule has 9 heavy (non-hydrogen) atoms. The van der Waals surface area contributed by atoms with Crippen LogP contribution in [0.2, 0.25) is 0 Å². The average Bonchev–Trinajstić information content (AvgIpc) is 2.18. The van der Waals surface area contributed by atoms with E-state index < -0.39 is 0 Å². The number of nitrogens with zero attached hydrogens (tertiary/aromatic N) is 1. The van der Waals surface area contributed by atoms with Crippen LogP contribution >= 0.6 is 24.4 Å². The van der Waals surface area contributed by atoms with E-state index in [0.717, 1.165) is 17.5 Å². The van der Waals surface area contributed by atoms with E-state index in [-0.39, 0.29) is 0 Å². The van der Waals surface area contributed by atoms with Crippen molar-refractivity contribution in [3.63, 3.8) is 0 Å². The number of thiol groups is 1. The highest BCUT2D eigenvalue weighted by atomic mass is 32.2. The molecule has 1 aliphatic rings. The minimum atomic E-state index is 0.936. The van der Waals surface area contributed by atoms with Crippen molar-refractivity contribution in [2.45, 2.75) is 0 Å². The molecule has 0 radical (unpaired) electrons. The van der Waals surface area contributed by atoms with E-state index in [9.17, 15) is 0 Å². The van der Waals surface area contributed by atoms with E-state index in [1.165, 1.54) is 5.75 Å². The van der Waals surface area contributed by atoms with Crippen molar-refractivity contribution in [1.29, 1.82) is 0 Å². The summed E-state index contributed by atoms with van der Waals surface area (Å²) < 4.78 is 3.34. The van der Waals surface area contributed by atoms with Crippen LogP contribution in [0, 0.1) is 0 Å². The highest BCUT2D eigenvalue weighted by molar-refractivity contribution is 8.32. The first kappa shape index (κ1) is 7.22. The Morgan fingerprint density at radius 2 is 2.67 bits per heavy atom. The summed E-state index contributed by atoms with van der Waals surface area (Å²) in [5.41, 5.74) is 0. The minimum absolute atomic E-state index is 0.936. The zero-order valence-corrected chi connectivity index (χ0v) is 6.92. The molecular weight excluding hydrogens is 150 g/mol. The fraction of sp³-hybridized carbons (Fsp3) is 0.500. The summed E-state index contributed by atoms with van der Waals surface area (Å²) in [6.45, 7) is 5.72. The van der Waals surface area contributed by atoms with Gasteiger partial charge in [0.15, 0.2) is 13.1 Å². The van der Waals surface area contributed by atoms with Crippen LogP contribution in [0.4, 0.5) is 0 Å². The second-order valence-electron chi connectivity index (χ2n) is 1.87. The molecule has 0 aromatic carbocycles. The fourth-order valence-corrected chi connectivity index (χ4v) is 2.06. The predicted octanol–water partition coefficient (Wildman–Crippen LogP) is 1.22. The number of hydrogen-bond donors (Lipinski definition) is 1. The molecule has 0 saturated carbocycles. The smallest absolute Gasteiger partial charge is 0.214 e. The van der Waals surface area contributed by atoms with Crippen molar-refractivity contribution in [3.8, 4) is 0 Å². The minimum Gasteiger partial charge on any atom is -0.214 e. The summed E-state index contributed by atoms with van der Waals surface area (Å²) in [5.74, 6) is 1.17. The van der Waals surface area contributed by atoms with Crippen molar-refractivity contribution < 1.29 is 4.58 Å². The van der Waals surface area contributed by atoms with Gasteiger partial charge in [0.25, 0.3) is 4.38 Å². The third-order valence-electron chi connectivity index (χ3n) is 1.21. The number of hydrogen-bond acceptors (Lipinski definition) is 1. The van der Waals surface area contributed by atoms with E-state index in [4.69, 9.17) is 0 Å². The van der Waals surface area contributed by atoms with Gasteiger partial charge in [0.05, 0.1) is 5.75 Å². The van der Waals surface area contributed by atoms with Gasteiger partial charge in [0, 0.05) is 0 Å². The Bertz CT molecular complexity index is 151. The van der Waals surface area contributed by atoms with Crippen LogP contribution < -0.4 is 0 Å². The number of rotatable bonds is 2. The Balaban J connectivity index is 2.54. The summed E-state index contributed by atoms with van der Waals surface area (Å²) in [6, 6.07) is 0. The van der Waals surface area contributed by atoms with Crippen LogP contribution in [0.3, 0.4) is 0 Å². The standard InChI is InChI=1S/C6H9NS2/c1-2-3-7-4-5-9-6(7)8/h2H,1,3-5H2/p+1. The molecule has 0 aliphatic carbocycles. The quantitative estimate of drug-likeness (QED) is 0.361. The molecule has 0 unspecified atom stereocenters. The Kier molecular flexibility index (Phi) is 2.66. The molecule has 0 atom stereocenters. The lowest BCUT2D eigenvalue weighted by Crippen LogP contribution is -2.11. The highest BCUT2D eigenvalue weighted by Crippen LogP contribution is 2.13. The maximum Gasteiger partial charge on any atom is 0.267 e. The van der Waals surface area contributed by atoms with Crippen LogP contribution in [0.1, 0.15) is 0 Å². The lowest BCUT2D eigenvalue weighted by Gasteiger charge is -1.89. The Hall–Kier alpha value is 0.110. The summed E-state index contributed by atoms with van der Waals surface area (Å²) in [5, 5.41) is 0. The van der Waals surface area contributed by atoms with Crippen LogP contribution in [-0.2, 0) is 0 Å². The van der Waals surface area contributed by atoms with E-state index >= 15 is 0 Å². The van der Waals surface area contributed by atoms with Gasteiger partial charge in [-0.25, -0.2) is 4.58 Å². The van der Waals surface area contributed by atoms with Gasteiger partial charge >= 0.3 is 0 Å². The van der Waals surface area contributed by atoms with Crippen molar-refractivity contribution in [3.05, 3.63) is 12.7 Å². The maximum absolute atomic E-state index is 4.28. The van der Waals surface area contributed by atoms with Gasteiger partial charge in [-0.15, -0.1) is 0 Å². The molecule has 0 fully saturated rings. The molecular formula is C6H10NS2+. The molecule has 0 spiro atoms. The second kappa shape index (κ2) is 3.32. The average molecular weight is 160 g/mol. The molecule has 1 heterocycles. The van der Waals surface area contributed by atoms with Crippen molar-refractivity contribution >= 4 is 28.8 Å². The predicted molar refractivity (Wildman–Crippen MR) is 46.6 cm³/mol. The van der Waals surface area contributed by atoms with Crippen LogP contribution in [0.25, 0.3) is 0 Å². The van der Waals surface area contributed by atoms with Crippen LogP contribution in [0.5, 0.6) is 0 Å². The van der Waals surface area contributed by atoms with E-state index in [1.54, 1.807) is 11.8 Å². The van der Waals surface area contributed by atoms with Gasteiger partial charge < -0.3 is 0 Å². The topological polar surface area (TPSA) is 3.01 Å². The molecule has 1 rings (SSSR count). The second-order valence-corrected chi connectivity index (χ2v) is 3.68. The molecule has 3 heteroatoms. The normalized spacial score (nSPS) is 18.8. The molecule has 0 bridgehead atoms. The third kappa shape index (κ3) is 1.76. The first-order chi connectivity index (χ1) is 4.34. The van der Waals surface area contributed by atoms with E-state index in [0.29, 0.717) is 0 Å². The van der Waals surface area contributed by atoms with Gasteiger partial charge in [-0.3, -0.25) is 0 Å². The van der Waals surface area contributed by atoms with Gasteiger partial charge in [0.1, 0.15) is 0 Å². The van der Waals surface area contributed by atoms with Crippen molar-refractivity contribution in [2.75, 3.05) is 18.8 Å². The molecule has 0 amide bonds. The summed E-state index contributed by atoms with van der Waals surface area (Å²) in [4.78, 5) is 0. The zero-order chi connectivity index (χ0) is 6.69. The number of thioether (sulfide) groups is 1. The summed E-state index contributed by atoms with van der Waals surface area (Å²) >= 11 is 6.08. The van der Waals surface area contributed by atoms with E-state index in [2.05, 4.69) is 23.8 Å². The highest BCUT2D eigenvalue weighted by Gasteiger charge is 2.17.